The molecule has 2 N–H and O–H groups in total. The van der Waals surface area contributed by atoms with Gasteiger partial charge in [-0.15, -0.1) is 0 Å². The Kier molecular flexibility index (Phi) is 5.65. The van der Waals surface area contributed by atoms with E-state index in [9.17, 15) is 19.8 Å². The van der Waals surface area contributed by atoms with Gasteiger partial charge in [0.2, 0.25) is 0 Å². The van der Waals surface area contributed by atoms with Crippen molar-refractivity contribution in [1.29, 1.82) is 0 Å². The van der Waals surface area contributed by atoms with Crippen molar-refractivity contribution in [2.45, 2.75) is 59.3 Å². The van der Waals surface area contributed by atoms with Crippen LogP contribution < -0.4 is 0 Å². The molecule has 4 nitrogen and oxygen atoms in total. The smallest absolute Gasteiger partial charge is 0.163 e. The van der Waals surface area contributed by atoms with Crippen molar-refractivity contribution in [3.8, 4) is 0 Å². The van der Waals surface area contributed by atoms with Gasteiger partial charge in [-0.25, -0.2) is 0 Å². The van der Waals surface area contributed by atoms with Gasteiger partial charge in [0, 0.05) is 42.7 Å². The van der Waals surface area contributed by atoms with Gasteiger partial charge in [0.05, 0.1) is 10.0 Å². The van der Waals surface area contributed by atoms with Gasteiger partial charge in [0.1, 0.15) is 11.5 Å². The molecule has 0 radical (unpaired) electrons. The third kappa shape index (κ3) is 4.39. The molecule has 0 unspecified atom stereocenters. The fourth-order valence-electron chi connectivity index (χ4n) is 4.43. The van der Waals surface area contributed by atoms with E-state index in [0.717, 1.165) is 0 Å². The summed E-state index contributed by atoms with van der Waals surface area (Å²) in [6.07, 6.45) is 1.13. The molecular formula is C23H26Cl2O4. The number of allylic oxidation sites excluding steroid dienone is 4. The minimum absolute atomic E-state index is 0.0414. The van der Waals surface area contributed by atoms with Crippen LogP contribution in [-0.4, -0.2) is 21.8 Å². The number of hydrogen-bond donors (Lipinski definition) is 2. The predicted octanol–water partition coefficient (Wildman–Crippen LogP) is 6.48. The summed E-state index contributed by atoms with van der Waals surface area (Å²) in [7, 11) is 0. The Morgan fingerprint density at radius 3 is 1.62 bits per heavy atom. The summed E-state index contributed by atoms with van der Waals surface area (Å²) in [6.45, 7) is 7.66. The Hall–Kier alpha value is -1.78. The van der Waals surface area contributed by atoms with E-state index in [0.29, 0.717) is 23.4 Å². The number of aliphatic hydroxyl groups excluding tert-OH is 2. The largest absolute Gasteiger partial charge is 0.512 e. The van der Waals surface area contributed by atoms with E-state index in [1.165, 1.54) is 0 Å². The lowest BCUT2D eigenvalue weighted by atomic mass is 9.67. The van der Waals surface area contributed by atoms with Crippen LogP contribution in [0.5, 0.6) is 0 Å². The second kappa shape index (κ2) is 7.48. The minimum Gasteiger partial charge on any atom is -0.512 e. The van der Waals surface area contributed by atoms with Crippen molar-refractivity contribution < 1.29 is 19.8 Å². The van der Waals surface area contributed by atoms with Gasteiger partial charge in [-0.05, 0) is 28.5 Å². The number of carbonyl (C=O) groups is 2. The summed E-state index contributed by atoms with van der Waals surface area (Å²) in [6, 6.07) is 4.87. The molecule has 2 aliphatic rings. The number of Topliss-reactive ketones (excluding diaryl/α,β-unsaturated/α-hetero) is 2. The Bertz CT molecular complexity index is 902. The fraction of sp³-hybridized carbons (Fsp3) is 0.478. The van der Waals surface area contributed by atoms with E-state index in [1.807, 2.05) is 27.7 Å². The maximum Gasteiger partial charge on any atom is 0.163 e. The normalized spacial score (nSPS) is 21.9. The fourth-order valence-corrected chi connectivity index (χ4v) is 4.73. The van der Waals surface area contributed by atoms with E-state index in [2.05, 4.69) is 0 Å². The zero-order valence-corrected chi connectivity index (χ0v) is 18.6. The SMILES string of the molecule is CC1(C)CC(=O)C(C(C2=C(O)CC(C)(C)CC2=O)c2ccc(Cl)c(Cl)c2)=C(O)C1. The van der Waals surface area contributed by atoms with Gasteiger partial charge in [-0.2, -0.15) is 0 Å². The van der Waals surface area contributed by atoms with Crippen molar-refractivity contribution >= 4 is 34.8 Å². The van der Waals surface area contributed by atoms with Crippen molar-refractivity contribution in [3.05, 3.63) is 56.5 Å². The summed E-state index contributed by atoms with van der Waals surface area (Å²) < 4.78 is 0. The first-order chi connectivity index (χ1) is 13.3. The number of benzene rings is 1. The van der Waals surface area contributed by atoms with Crippen LogP contribution in [0, 0.1) is 10.8 Å². The van der Waals surface area contributed by atoms with Crippen LogP contribution in [-0.2, 0) is 9.59 Å². The Morgan fingerprint density at radius 1 is 0.793 bits per heavy atom. The third-order valence-corrected chi connectivity index (χ3v) is 6.39. The first-order valence-corrected chi connectivity index (χ1v) is 10.4. The second-order valence-corrected chi connectivity index (χ2v) is 10.5. The van der Waals surface area contributed by atoms with Crippen LogP contribution >= 0.6 is 23.2 Å². The van der Waals surface area contributed by atoms with Crippen LogP contribution in [0.4, 0.5) is 0 Å². The Labute approximate surface area is 181 Å². The van der Waals surface area contributed by atoms with Crippen LogP contribution in [0.25, 0.3) is 0 Å². The molecule has 0 fully saturated rings. The van der Waals surface area contributed by atoms with Crippen LogP contribution in [0.1, 0.15) is 64.9 Å². The zero-order chi connectivity index (χ0) is 21.7. The zero-order valence-electron chi connectivity index (χ0n) is 17.1. The van der Waals surface area contributed by atoms with Gasteiger partial charge in [0.15, 0.2) is 11.6 Å². The van der Waals surface area contributed by atoms with E-state index in [-0.39, 0.29) is 62.9 Å². The lowest BCUT2D eigenvalue weighted by Gasteiger charge is -2.36. The molecule has 0 saturated carbocycles. The first kappa shape index (κ1) is 21.9. The Balaban J connectivity index is 2.25. The van der Waals surface area contributed by atoms with E-state index < -0.39 is 5.92 Å². The number of halogens is 2. The molecule has 0 aromatic heterocycles. The van der Waals surface area contributed by atoms with Gasteiger partial charge in [-0.3, -0.25) is 9.59 Å². The van der Waals surface area contributed by atoms with Crippen molar-refractivity contribution in [2.24, 2.45) is 10.8 Å². The van der Waals surface area contributed by atoms with Gasteiger partial charge in [0.25, 0.3) is 0 Å². The van der Waals surface area contributed by atoms with Crippen molar-refractivity contribution in [1.82, 2.24) is 0 Å². The maximum absolute atomic E-state index is 13.1. The molecule has 1 aromatic carbocycles. The van der Waals surface area contributed by atoms with Crippen LogP contribution in [0.3, 0.4) is 0 Å². The van der Waals surface area contributed by atoms with E-state index in [1.54, 1.807) is 18.2 Å². The number of rotatable bonds is 3. The molecule has 6 heteroatoms. The lowest BCUT2D eigenvalue weighted by molar-refractivity contribution is -0.119. The highest BCUT2D eigenvalue weighted by Gasteiger charge is 2.43. The summed E-state index contributed by atoms with van der Waals surface area (Å²) >= 11 is 12.3. The first-order valence-electron chi connectivity index (χ1n) is 9.67. The number of ketones is 2. The van der Waals surface area contributed by atoms with Gasteiger partial charge in [-0.1, -0.05) is 57.0 Å². The highest BCUT2D eigenvalue weighted by molar-refractivity contribution is 6.42. The molecule has 0 aliphatic heterocycles. The molecule has 0 amide bonds. The highest BCUT2D eigenvalue weighted by atomic mass is 35.5. The summed E-state index contributed by atoms with van der Waals surface area (Å²) in [5.41, 5.74) is 0.127. The molecule has 0 saturated heterocycles. The van der Waals surface area contributed by atoms with Gasteiger partial charge < -0.3 is 10.2 Å². The average molecular weight is 437 g/mol. The Morgan fingerprint density at radius 2 is 1.24 bits per heavy atom. The van der Waals surface area contributed by atoms with E-state index >= 15 is 0 Å². The second-order valence-electron chi connectivity index (χ2n) is 9.71. The minimum atomic E-state index is -0.878. The summed E-state index contributed by atoms with van der Waals surface area (Å²) in [5, 5.41) is 22.3. The maximum atomic E-state index is 13.1. The highest BCUT2D eigenvalue weighted by Crippen LogP contribution is 2.48. The molecule has 156 valence electrons. The molecule has 0 bridgehead atoms. The lowest BCUT2D eigenvalue weighted by Crippen LogP contribution is -2.33. The molecule has 1 aromatic rings. The monoisotopic (exact) mass is 436 g/mol. The molecule has 0 heterocycles. The van der Waals surface area contributed by atoms with Crippen molar-refractivity contribution in [2.75, 3.05) is 0 Å². The van der Waals surface area contributed by atoms with Crippen LogP contribution in [0.15, 0.2) is 40.9 Å². The van der Waals surface area contributed by atoms with E-state index in [4.69, 9.17) is 23.2 Å². The number of hydrogen-bond acceptors (Lipinski definition) is 4. The number of aliphatic hydroxyl groups is 2. The average Bonchev–Trinajstić information content (AvgIpc) is 2.52. The van der Waals surface area contributed by atoms with Crippen molar-refractivity contribution in [3.63, 3.8) is 0 Å². The summed E-state index contributed by atoms with van der Waals surface area (Å²) in [5.74, 6) is -1.42. The summed E-state index contributed by atoms with van der Waals surface area (Å²) in [4.78, 5) is 26.2. The molecule has 3 rings (SSSR count). The molecule has 0 spiro atoms. The third-order valence-electron chi connectivity index (χ3n) is 5.65. The topological polar surface area (TPSA) is 74.6 Å². The number of carbonyl (C=O) groups excluding carboxylic acids is 2. The van der Waals surface area contributed by atoms with Gasteiger partial charge >= 0.3 is 0 Å². The molecule has 29 heavy (non-hydrogen) atoms. The molecule has 0 atom stereocenters. The standard InChI is InChI=1S/C23H26Cl2O4/c1-22(2)8-15(26)20(16(27)9-22)19(12-5-6-13(24)14(25)7-12)21-17(28)10-23(3,4)11-18(21)29/h5-7,19,26,28H,8-11H2,1-4H3. The predicted molar refractivity (Wildman–Crippen MR) is 115 cm³/mol. The molecular weight excluding hydrogens is 411 g/mol. The van der Waals surface area contributed by atoms with Crippen LogP contribution in [0.2, 0.25) is 10.0 Å². The quantitative estimate of drug-likeness (QED) is 0.568. The molecule has 2 aliphatic carbocycles.